The van der Waals surface area contributed by atoms with E-state index in [0.29, 0.717) is 12.5 Å². The van der Waals surface area contributed by atoms with E-state index in [4.69, 9.17) is 0 Å². The van der Waals surface area contributed by atoms with Gasteiger partial charge in [-0.2, -0.15) is 0 Å². The fourth-order valence-electron chi connectivity index (χ4n) is 3.07. The van der Waals surface area contributed by atoms with E-state index in [0.717, 1.165) is 58.4 Å². The first-order valence-corrected chi connectivity index (χ1v) is 8.05. The van der Waals surface area contributed by atoms with Gasteiger partial charge in [0.1, 0.15) is 0 Å². The fraction of sp³-hybridized carbons (Fsp3) is 0.867. The lowest BCUT2D eigenvalue weighted by atomic mass is 10.1. The molecule has 0 bridgehead atoms. The number of likely N-dealkylation sites (tertiary alicyclic amines) is 2. The molecule has 2 fully saturated rings. The van der Waals surface area contributed by atoms with E-state index in [1.165, 1.54) is 0 Å². The standard InChI is InChI=1S/C15H28N4O2/c1-17(2)15(21)19-11-6-13(7-12-19)16-8-5-14(20)18-9-3-4-10-18/h13,16H,3-12H2,1-2H3. The van der Waals surface area contributed by atoms with Gasteiger partial charge in [-0.15, -0.1) is 0 Å². The third-order valence-electron chi connectivity index (χ3n) is 4.38. The SMILES string of the molecule is CN(C)C(=O)N1CCC(NCCC(=O)N2CCCC2)CC1. The molecular formula is C15H28N4O2. The second kappa shape index (κ2) is 7.64. The molecule has 0 unspecified atom stereocenters. The van der Waals surface area contributed by atoms with Crippen molar-refractivity contribution in [2.75, 3.05) is 46.8 Å². The van der Waals surface area contributed by atoms with Gasteiger partial charge in [0, 0.05) is 59.3 Å². The molecule has 0 aromatic carbocycles. The minimum absolute atomic E-state index is 0.0951. The lowest BCUT2D eigenvalue weighted by Gasteiger charge is -2.34. The highest BCUT2D eigenvalue weighted by Crippen LogP contribution is 2.12. The van der Waals surface area contributed by atoms with Crippen molar-refractivity contribution in [2.45, 2.75) is 38.1 Å². The highest BCUT2D eigenvalue weighted by molar-refractivity contribution is 5.76. The van der Waals surface area contributed by atoms with Gasteiger partial charge in [-0.25, -0.2) is 4.79 Å². The van der Waals surface area contributed by atoms with Crippen LogP contribution in [0.5, 0.6) is 0 Å². The van der Waals surface area contributed by atoms with Gasteiger partial charge >= 0.3 is 6.03 Å². The molecule has 0 radical (unpaired) electrons. The van der Waals surface area contributed by atoms with Crippen molar-refractivity contribution in [3.63, 3.8) is 0 Å². The Hall–Kier alpha value is -1.30. The normalized spacial score (nSPS) is 19.9. The Bertz CT molecular complexity index is 359. The van der Waals surface area contributed by atoms with Gasteiger partial charge in [-0.05, 0) is 25.7 Å². The predicted molar refractivity (Wildman–Crippen MR) is 82.1 cm³/mol. The molecule has 0 aromatic heterocycles. The summed E-state index contributed by atoms with van der Waals surface area (Å²) >= 11 is 0. The summed E-state index contributed by atoms with van der Waals surface area (Å²) < 4.78 is 0. The molecule has 0 aliphatic carbocycles. The number of nitrogens with one attached hydrogen (secondary N) is 1. The van der Waals surface area contributed by atoms with E-state index >= 15 is 0 Å². The van der Waals surface area contributed by atoms with E-state index in [-0.39, 0.29) is 11.9 Å². The largest absolute Gasteiger partial charge is 0.343 e. The van der Waals surface area contributed by atoms with Crippen LogP contribution in [0, 0.1) is 0 Å². The molecule has 2 rings (SSSR count). The molecule has 1 N–H and O–H groups in total. The van der Waals surface area contributed by atoms with Crippen LogP contribution in [0.15, 0.2) is 0 Å². The van der Waals surface area contributed by atoms with E-state index in [1.807, 2.05) is 9.80 Å². The molecule has 2 aliphatic heterocycles. The van der Waals surface area contributed by atoms with Crippen molar-refractivity contribution >= 4 is 11.9 Å². The minimum atomic E-state index is 0.0951. The van der Waals surface area contributed by atoms with Gasteiger partial charge in [0.15, 0.2) is 0 Å². The van der Waals surface area contributed by atoms with E-state index in [9.17, 15) is 9.59 Å². The van der Waals surface area contributed by atoms with Gasteiger partial charge < -0.3 is 20.0 Å². The monoisotopic (exact) mass is 296 g/mol. The van der Waals surface area contributed by atoms with Crippen molar-refractivity contribution in [2.24, 2.45) is 0 Å². The van der Waals surface area contributed by atoms with Crippen molar-refractivity contribution in [1.82, 2.24) is 20.0 Å². The maximum atomic E-state index is 11.9. The van der Waals surface area contributed by atoms with Crippen LogP contribution in [0.25, 0.3) is 0 Å². The Morgan fingerprint density at radius 3 is 2.24 bits per heavy atom. The minimum Gasteiger partial charge on any atom is -0.343 e. The number of carbonyl (C=O) groups is 2. The van der Waals surface area contributed by atoms with Crippen LogP contribution >= 0.6 is 0 Å². The summed E-state index contributed by atoms with van der Waals surface area (Å²) in [4.78, 5) is 29.3. The van der Waals surface area contributed by atoms with Crippen molar-refractivity contribution in [3.8, 4) is 0 Å². The van der Waals surface area contributed by atoms with Crippen LogP contribution in [-0.4, -0.2) is 79.5 Å². The zero-order valence-corrected chi connectivity index (χ0v) is 13.3. The maximum Gasteiger partial charge on any atom is 0.319 e. The van der Waals surface area contributed by atoms with Crippen LogP contribution in [0.3, 0.4) is 0 Å². The zero-order chi connectivity index (χ0) is 15.2. The fourth-order valence-corrected chi connectivity index (χ4v) is 3.07. The summed E-state index contributed by atoms with van der Waals surface area (Å²) in [6, 6.07) is 0.528. The first-order valence-electron chi connectivity index (χ1n) is 8.05. The Labute approximate surface area is 127 Å². The van der Waals surface area contributed by atoms with Gasteiger partial charge in [-0.3, -0.25) is 4.79 Å². The Morgan fingerprint density at radius 2 is 1.67 bits per heavy atom. The molecule has 2 saturated heterocycles. The Balaban J connectivity index is 1.60. The highest BCUT2D eigenvalue weighted by Gasteiger charge is 2.24. The van der Waals surface area contributed by atoms with Gasteiger partial charge in [0.05, 0.1) is 0 Å². The number of hydrogen-bond donors (Lipinski definition) is 1. The van der Waals surface area contributed by atoms with Crippen molar-refractivity contribution in [1.29, 1.82) is 0 Å². The molecule has 6 nitrogen and oxygen atoms in total. The summed E-state index contributed by atoms with van der Waals surface area (Å²) in [5.41, 5.74) is 0. The van der Waals surface area contributed by atoms with Crippen LogP contribution in [0.1, 0.15) is 32.1 Å². The lowest BCUT2D eigenvalue weighted by molar-refractivity contribution is -0.130. The van der Waals surface area contributed by atoms with Gasteiger partial charge in [0.2, 0.25) is 5.91 Å². The topological polar surface area (TPSA) is 55.9 Å². The molecule has 120 valence electrons. The number of nitrogens with zero attached hydrogens (tertiary/aromatic N) is 3. The summed E-state index contributed by atoms with van der Waals surface area (Å²) in [6.07, 6.45) is 4.83. The lowest BCUT2D eigenvalue weighted by Crippen LogP contribution is -2.48. The molecule has 2 heterocycles. The molecule has 6 heteroatoms. The Morgan fingerprint density at radius 1 is 1.05 bits per heavy atom. The highest BCUT2D eigenvalue weighted by atomic mass is 16.2. The van der Waals surface area contributed by atoms with Gasteiger partial charge in [0.25, 0.3) is 0 Å². The summed E-state index contributed by atoms with van der Waals surface area (Å²) in [5, 5.41) is 3.47. The first kappa shape index (κ1) is 16.1. The van der Waals surface area contributed by atoms with E-state index in [1.54, 1.807) is 19.0 Å². The number of amides is 3. The summed E-state index contributed by atoms with van der Waals surface area (Å²) in [6.45, 7) is 4.22. The van der Waals surface area contributed by atoms with Crippen molar-refractivity contribution < 1.29 is 9.59 Å². The summed E-state index contributed by atoms with van der Waals surface area (Å²) in [7, 11) is 3.58. The first-order chi connectivity index (χ1) is 10.1. The van der Waals surface area contributed by atoms with Crippen LogP contribution in [-0.2, 0) is 4.79 Å². The molecule has 0 atom stereocenters. The molecule has 21 heavy (non-hydrogen) atoms. The molecule has 2 aliphatic rings. The number of urea groups is 1. The molecule has 3 amide bonds. The third kappa shape index (κ3) is 4.59. The number of hydrogen-bond acceptors (Lipinski definition) is 3. The van der Waals surface area contributed by atoms with Crippen LogP contribution in [0.2, 0.25) is 0 Å². The predicted octanol–water partition coefficient (Wildman–Crippen LogP) is 0.735. The van der Waals surface area contributed by atoms with Crippen molar-refractivity contribution in [3.05, 3.63) is 0 Å². The summed E-state index contributed by atoms with van der Waals surface area (Å²) in [5.74, 6) is 0.278. The average molecular weight is 296 g/mol. The second-order valence-corrected chi connectivity index (χ2v) is 6.23. The number of piperidine rings is 1. The van der Waals surface area contributed by atoms with Crippen LogP contribution < -0.4 is 5.32 Å². The average Bonchev–Trinajstić information content (AvgIpc) is 3.01. The quantitative estimate of drug-likeness (QED) is 0.832. The zero-order valence-electron chi connectivity index (χ0n) is 13.3. The molecule has 0 aromatic rings. The smallest absolute Gasteiger partial charge is 0.319 e. The number of carbonyl (C=O) groups excluding carboxylic acids is 2. The second-order valence-electron chi connectivity index (χ2n) is 6.23. The van der Waals surface area contributed by atoms with Gasteiger partial charge in [-0.1, -0.05) is 0 Å². The molecule has 0 saturated carbocycles. The number of rotatable bonds is 4. The Kier molecular flexibility index (Phi) is 5.85. The molecular weight excluding hydrogens is 268 g/mol. The van der Waals surface area contributed by atoms with E-state index in [2.05, 4.69) is 5.32 Å². The van der Waals surface area contributed by atoms with Crippen LogP contribution in [0.4, 0.5) is 4.79 Å². The maximum absolute atomic E-state index is 11.9. The van der Waals surface area contributed by atoms with E-state index < -0.39 is 0 Å². The molecule has 0 spiro atoms. The third-order valence-corrected chi connectivity index (χ3v) is 4.38.